The maximum Gasteiger partial charge on any atom is 0.314 e. The van der Waals surface area contributed by atoms with Gasteiger partial charge in [-0.15, -0.1) is 0 Å². The molecule has 4 heteroatoms. The van der Waals surface area contributed by atoms with E-state index in [1.807, 2.05) is 0 Å². The molecule has 0 rings (SSSR count). The number of amides is 2. The van der Waals surface area contributed by atoms with Gasteiger partial charge >= 0.3 is 6.03 Å². The van der Waals surface area contributed by atoms with Crippen LogP contribution in [0.25, 0.3) is 0 Å². The Bertz CT molecular complexity index is 175. The fourth-order valence-corrected chi connectivity index (χ4v) is 1.61. The number of hydrogen-bond donors (Lipinski definition) is 3. The van der Waals surface area contributed by atoms with Crippen LogP contribution in [0.5, 0.6) is 0 Å². The van der Waals surface area contributed by atoms with E-state index in [9.17, 15) is 4.79 Å². The lowest BCUT2D eigenvalue weighted by Gasteiger charge is -2.07. The maximum atomic E-state index is 11.3. The first kappa shape index (κ1) is 16.2. The molecule has 2 amide bonds. The quantitative estimate of drug-likeness (QED) is 0.489. The first-order valence-electron chi connectivity index (χ1n) is 6.93. The minimum Gasteiger partial charge on any atom is -0.396 e. The molecule has 0 unspecified atom stereocenters. The van der Waals surface area contributed by atoms with Gasteiger partial charge in [0.1, 0.15) is 0 Å². The van der Waals surface area contributed by atoms with Crippen LogP contribution in [0.1, 0.15) is 58.3 Å². The molecule has 0 spiro atoms. The topological polar surface area (TPSA) is 61.4 Å². The van der Waals surface area contributed by atoms with E-state index in [1.165, 1.54) is 19.3 Å². The SMILES string of the molecule is CCCCCCNC(=O)NCCCCCCO. The predicted molar refractivity (Wildman–Crippen MR) is 71.1 cm³/mol. The third-order valence-electron chi connectivity index (χ3n) is 2.69. The van der Waals surface area contributed by atoms with E-state index >= 15 is 0 Å². The molecule has 0 bridgehead atoms. The first-order valence-corrected chi connectivity index (χ1v) is 6.93. The fourth-order valence-electron chi connectivity index (χ4n) is 1.61. The predicted octanol–water partition coefficient (Wildman–Crippen LogP) is 2.42. The molecule has 4 nitrogen and oxygen atoms in total. The Balaban J connectivity index is 3.12. The molecule has 0 aromatic rings. The lowest BCUT2D eigenvalue weighted by Crippen LogP contribution is -2.36. The molecule has 0 aromatic carbocycles. The molecule has 0 radical (unpaired) electrons. The number of urea groups is 1. The van der Waals surface area contributed by atoms with E-state index in [4.69, 9.17) is 5.11 Å². The number of carbonyl (C=O) groups excluding carboxylic acids is 1. The Morgan fingerprint density at radius 3 is 1.94 bits per heavy atom. The third kappa shape index (κ3) is 13.2. The average molecular weight is 244 g/mol. The molecule has 3 N–H and O–H groups in total. The summed E-state index contributed by atoms with van der Waals surface area (Å²) >= 11 is 0. The Morgan fingerprint density at radius 1 is 0.882 bits per heavy atom. The van der Waals surface area contributed by atoms with Gasteiger partial charge in [-0.3, -0.25) is 0 Å². The van der Waals surface area contributed by atoms with E-state index in [-0.39, 0.29) is 12.6 Å². The van der Waals surface area contributed by atoms with E-state index in [2.05, 4.69) is 17.6 Å². The first-order chi connectivity index (χ1) is 8.31. The molecule has 0 aliphatic carbocycles. The molecule has 0 heterocycles. The number of unbranched alkanes of at least 4 members (excludes halogenated alkanes) is 6. The van der Waals surface area contributed by atoms with Crippen LogP contribution in [0.2, 0.25) is 0 Å². The summed E-state index contributed by atoms with van der Waals surface area (Å²) in [5.74, 6) is 0. The van der Waals surface area contributed by atoms with Crippen LogP contribution >= 0.6 is 0 Å². The van der Waals surface area contributed by atoms with Gasteiger partial charge < -0.3 is 15.7 Å². The van der Waals surface area contributed by atoms with Gasteiger partial charge in [0.15, 0.2) is 0 Å². The van der Waals surface area contributed by atoms with Gasteiger partial charge in [0.05, 0.1) is 0 Å². The van der Waals surface area contributed by atoms with Crippen molar-refractivity contribution in [3.63, 3.8) is 0 Å². The lowest BCUT2D eigenvalue weighted by atomic mass is 10.2. The van der Waals surface area contributed by atoms with Gasteiger partial charge in [0.2, 0.25) is 0 Å². The van der Waals surface area contributed by atoms with Crippen molar-refractivity contribution in [3.8, 4) is 0 Å². The van der Waals surface area contributed by atoms with Gasteiger partial charge in [-0.25, -0.2) is 4.79 Å². The van der Waals surface area contributed by atoms with Crippen LogP contribution in [-0.2, 0) is 0 Å². The molecule has 0 aromatic heterocycles. The van der Waals surface area contributed by atoms with Gasteiger partial charge in [-0.1, -0.05) is 39.0 Å². The summed E-state index contributed by atoms with van der Waals surface area (Å²) in [6.45, 7) is 3.95. The second-order valence-electron chi connectivity index (χ2n) is 4.38. The summed E-state index contributed by atoms with van der Waals surface area (Å²) in [5.41, 5.74) is 0. The molecular weight excluding hydrogens is 216 g/mol. The van der Waals surface area contributed by atoms with Crippen LogP contribution in [0, 0.1) is 0 Å². The van der Waals surface area contributed by atoms with Crippen molar-refractivity contribution in [3.05, 3.63) is 0 Å². The highest BCUT2D eigenvalue weighted by Gasteiger charge is 1.97. The Kier molecular flexibility index (Phi) is 12.7. The van der Waals surface area contributed by atoms with Crippen LogP contribution in [0.4, 0.5) is 4.79 Å². The molecule has 0 saturated heterocycles. The monoisotopic (exact) mass is 244 g/mol. The number of carbonyl (C=O) groups is 1. The molecule has 0 saturated carbocycles. The van der Waals surface area contributed by atoms with Crippen molar-refractivity contribution in [2.24, 2.45) is 0 Å². The summed E-state index contributed by atoms with van der Waals surface area (Å²) in [7, 11) is 0. The molecule has 0 atom stereocenters. The van der Waals surface area contributed by atoms with Crippen molar-refractivity contribution in [1.29, 1.82) is 0 Å². The van der Waals surface area contributed by atoms with Crippen LogP contribution in [0.15, 0.2) is 0 Å². The van der Waals surface area contributed by atoms with Crippen molar-refractivity contribution in [2.75, 3.05) is 19.7 Å². The normalized spacial score (nSPS) is 10.2. The summed E-state index contributed by atoms with van der Waals surface area (Å²) in [4.78, 5) is 11.3. The molecule has 0 aliphatic rings. The van der Waals surface area contributed by atoms with Crippen LogP contribution < -0.4 is 10.6 Å². The van der Waals surface area contributed by atoms with E-state index in [0.29, 0.717) is 0 Å². The summed E-state index contributed by atoms with van der Waals surface area (Å²) in [5, 5.41) is 14.3. The van der Waals surface area contributed by atoms with Crippen molar-refractivity contribution >= 4 is 6.03 Å². The lowest BCUT2D eigenvalue weighted by molar-refractivity contribution is 0.240. The zero-order valence-corrected chi connectivity index (χ0v) is 11.1. The number of aliphatic hydroxyl groups is 1. The summed E-state index contributed by atoms with van der Waals surface area (Å²) < 4.78 is 0. The second kappa shape index (κ2) is 13.3. The van der Waals surface area contributed by atoms with Crippen molar-refractivity contribution in [1.82, 2.24) is 10.6 Å². The Labute approximate surface area is 105 Å². The smallest absolute Gasteiger partial charge is 0.314 e. The van der Waals surface area contributed by atoms with Gasteiger partial charge in [0, 0.05) is 19.7 Å². The molecule has 0 fully saturated rings. The Hall–Kier alpha value is -0.770. The molecule has 17 heavy (non-hydrogen) atoms. The highest BCUT2D eigenvalue weighted by atomic mass is 16.2. The highest BCUT2D eigenvalue weighted by molar-refractivity contribution is 5.73. The zero-order chi connectivity index (χ0) is 12.8. The summed E-state index contributed by atoms with van der Waals surface area (Å²) in [6, 6.07) is -0.0522. The van der Waals surface area contributed by atoms with E-state index in [1.54, 1.807) is 0 Å². The standard InChI is InChI=1S/C13H28N2O2/c1-2-3-4-7-10-14-13(17)15-11-8-5-6-9-12-16/h16H,2-12H2,1H3,(H2,14,15,17). The summed E-state index contributed by atoms with van der Waals surface area (Å²) in [6.07, 6.45) is 8.69. The number of rotatable bonds is 11. The van der Waals surface area contributed by atoms with Crippen molar-refractivity contribution in [2.45, 2.75) is 58.3 Å². The van der Waals surface area contributed by atoms with Crippen molar-refractivity contribution < 1.29 is 9.90 Å². The van der Waals surface area contributed by atoms with Gasteiger partial charge in [-0.2, -0.15) is 0 Å². The highest BCUT2D eigenvalue weighted by Crippen LogP contribution is 1.98. The Morgan fingerprint density at radius 2 is 1.41 bits per heavy atom. The largest absolute Gasteiger partial charge is 0.396 e. The molecule has 102 valence electrons. The van der Waals surface area contributed by atoms with E-state index in [0.717, 1.165) is 45.2 Å². The molecule has 0 aliphatic heterocycles. The number of nitrogens with one attached hydrogen (secondary N) is 2. The minimum absolute atomic E-state index is 0.0522. The van der Waals surface area contributed by atoms with Crippen LogP contribution in [-0.4, -0.2) is 30.8 Å². The minimum atomic E-state index is -0.0522. The van der Waals surface area contributed by atoms with Gasteiger partial charge in [0.25, 0.3) is 0 Å². The second-order valence-corrected chi connectivity index (χ2v) is 4.38. The third-order valence-corrected chi connectivity index (χ3v) is 2.69. The maximum absolute atomic E-state index is 11.3. The number of aliphatic hydroxyl groups excluding tert-OH is 1. The van der Waals surface area contributed by atoms with E-state index < -0.39 is 0 Å². The zero-order valence-electron chi connectivity index (χ0n) is 11.1. The average Bonchev–Trinajstić information content (AvgIpc) is 2.33. The molecular formula is C13H28N2O2. The fraction of sp³-hybridized carbons (Fsp3) is 0.923. The van der Waals surface area contributed by atoms with Crippen LogP contribution in [0.3, 0.4) is 0 Å². The van der Waals surface area contributed by atoms with Gasteiger partial charge in [-0.05, 0) is 19.3 Å². The number of hydrogen-bond acceptors (Lipinski definition) is 2.